The van der Waals surface area contributed by atoms with Gasteiger partial charge in [0.2, 0.25) is 5.79 Å². The summed E-state index contributed by atoms with van der Waals surface area (Å²) in [5.74, 6) is -6.35. The normalized spacial score (nSPS) is 27.8. The molecule has 19 heteroatoms. The van der Waals surface area contributed by atoms with E-state index in [4.69, 9.17) is 42.6 Å². The third kappa shape index (κ3) is 10.7. The Labute approximate surface area is 313 Å². The Balaban J connectivity index is 1.60. The molecule has 0 saturated carbocycles. The van der Waals surface area contributed by atoms with Gasteiger partial charge in [0.15, 0.2) is 41.5 Å². The lowest BCUT2D eigenvalue weighted by atomic mass is 9.98. The molecule has 2 aliphatic rings. The first kappa shape index (κ1) is 42.5. The van der Waals surface area contributed by atoms with Gasteiger partial charge in [0.1, 0.15) is 50.3 Å². The topological polar surface area (TPSA) is 273 Å². The number of carbonyl (C=O) groups is 4. The van der Waals surface area contributed by atoms with Crippen molar-refractivity contribution >= 4 is 36.0 Å². The molecule has 2 aromatic rings. The molecule has 300 valence electrons. The largest absolute Gasteiger partial charge is 0.504 e. The summed E-state index contributed by atoms with van der Waals surface area (Å²) in [6.45, 7) is -0.434. The summed E-state index contributed by atoms with van der Waals surface area (Å²) in [7, 11) is 2.67. The molecule has 2 fully saturated rings. The first-order valence-corrected chi connectivity index (χ1v) is 16.6. The monoisotopic (exact) mass is 778 g/mol. The molecule has 2 aromatic carbocycles. The standard InChI is InChI=1S/C36H42O19/c1-18(38)49-15-26-30(44)33(51-19(2)39)32(46)35(52-26)55-36(17-37)34(53-29(43)12-8-21-6-10-23(41)25(14-21)48-4)31(45)27(54-36)16-50-28(42)11-7-20-5-9-22(40)24(13-20)47-3/h5-14,26-27,30-35,37,40-41,44-46H,15-17H2,1-4H3/t26-,27-,30-,31-,32-,33+,34+,35-,36+/m1/s1. The van der Waals surface area contributed by atoms with Gasteiger partial charge >= 0.3 is 23.9 Å². The van der Waals surface area contributed by atoms with Crippen molar-refractivity contribution in [3.8, 4) is 23.0 Å². The molecule has 19 nitrogen and oxygen atoms in total. The van der Waals surface area contributed by atoms with Gasteiger partial charge < -0.3 is 73.3 Å². The van der Waals surface area contributed by atoms with Crippen molar-refractivity contribution in [1.29, 1.82) is 0 Å². The summed E-state index contributed by atoms with van der Waals surface area (Å²) < 4.78 is 48.3. The van der Waals surface area contributed by atoms with Gasteiger partial charge in [-0.15, -0.1) is 0 Å². The average Bonchev–Trinajstić information content (AvgIpc) is 3.41. The number of hydrogen-bond acceptors (Lipinski definition) is 19. The minimum Gasteiger partial charge on any atom is -0.504 e. The van der Waals surface area contributed by atoms with Crippen LogP contribution in [0, 0.1) is 0 Å². The summed E-state index contributed by atoms with van der Waals surface area (Å²) in [6, 6.07) is 8.47. The molecule has 9 atom stereocenters. The van der Waals surface area contributed by atoms with E-state index >= 15 is 0 Å². The van der Waals surface area contributed by atoms with Crippen LogP contribution in [0.2, 0.25) is 0 Å². The highest BCUT2D eigenvalue weighted by Gasteiger charge is 2.61. The van der Waals surface area contributed by atoms with E-state index in [0.29, 0.717) is 11.1 Å². The minimum absolute atomic E-state index is 0.105. The lowest BCUT2D eigenvalue weighted by molar-refractivity contribution is -0.383. The summed E-state index contributed by atoms with van der Waals surface area (Å²) in [5, 5.41) is 63.7. The van der Waals surface area contributed by atoms with Crippen molar-refractivity contribution in [3.63, 3.8) is 0 Å². The van der Waals surface area contributed by atoms with Crippen LogP contribution in [0.15, 0.2) is 48.6 Å². The quantitative estimate of drug-likeness (QED) is 0.0770. The molecular formula is C36H42O19. The zero-order valence-electron chi connectivity index (χ0n) is 30.0. The number of aromatic hydroxyl groups is 2. The van der Waals surface area contributed by atoms with E-state index in [-0.39, 0.29) is 23.0 Å². The van der Waals surface area contributed by atoms with Crippen LogP contribution >= 0.6 is 0 Å². The van der Waals surface area contributed by atoms with Gasteiger partial charge in [0.25, 0.3) is 0 Å². The Bertz CT molecular complexity index is 1740. The summed E-state index contributed by atoms with van der Waals surface area (Å²) in [4.78, 5) is 49.2. The number of aliphatic hydroxyl groups excluding tert-OH is 4. The van der Waals surface area contributed by atoms with Gasteiger partial charge in [-0.2, -0.15) is 0 Å². The first-order valence-electron chi connectivity index (χ1n) is 16.6. The molecule has 6 N–H and O–H groups in total. The van der Waals surface area contributed by atoms with Crippen molar-refractivity contribution in [2.45, 2.75) is 68.7 Å². The minimum atomic E-state index is -2.58. The lowest BCUT2D eigenvalue weighted by Gasteiger charge is -2.44. The fourth-order valence-electron chi connectivity index (χ4n) is 5.56. The van der Waals surface area contributed by atoms with Crippen molar-refractivity contribution in [2.24, 2.45) is 0 Å². The van der Waals surface area contributed by atoms with Gasteiger partial charge in [-0.05, 0) is 47.5 Å². The zero-order valence-corrected chi connectivity index (χ0v) is 30.0. The second-order valence-electron chi connectivity index (χ2n) is 12.2. The number of esters is 4. The predicted octanol–water partition coefficient (Wildman–Crippen LogP) is -0.297. The highest BCUT2D eigenvalue weighted by atomic mass is 16.8. The zero-order chi connectivity index (χ0) is 40.4. The molecule has 2 heterocycles. The molecule has 55 heavy (non-hydrogen) atoms. The lowest BCUT2D eigenvalue weighted by Crippen LogP contribution is -2.64. The number of ether oxygens (including phenoxy) is 9. The van der Waals surface area contributed by atoms with Gasteiger partial charge in [0, 0.05) is 26.0 Å². The maximum atomic E-state index is 13.1. The van der Waals surface area contributed by atoms with Crippen molar-refractivity contribution in [2.75, 3.05) is 34.0 Å². The van der Waals surface area contributed by atoms with E-state index in [1.807, 2.05) is 0 Å². The summed E-state index contributed by atoms with van der Waals surface area (Å²) in [5.41, 5.74) is 0.841. The fourth-order valence-corrected chi connectivity index (χ4v) is 5.56. The second-order valence-corrected chi connectivity index (χ2v) is 12.2. The number of phenolic OH excluding ortho intramolecular Hbond substituents is 2. The van der Waals surface area contributed by atoms with Crippen LogP contribution < -0.4 is 9.47 Å². The van der Waals surface area contributed by atoms with Gasteiger partial charge in [-0.1, -0.05) is 12.1 Å². The highest BCUT2D eigenvalue weighted by molar-refractivity contribution is 5.88. The number of aliphatic hydroxyl groups is 4. The van der Waals surface area contributed by atoms with Crippen LogP contribution in [0.25, 0.3) is 12.2 Å². The smallest absolute Gasteiger partial charge is 0.331 e. The highest BCUT2D eigenvalue weighted by Crippen LogP contribution is 2.39. The van der Waals surface area contributed by atoms with Crippen LogP contribution in [0.3, 0.4) is 0 Å². The number of phenols is 2. The summed E-state index contributed by atoms with van der Waals surface area (Å²) >= 11 is 0. The maximum absolute atomic E-state index is 13.1. The third-order valence-electron chi connectivity index (χ3n) is 8.27. The van der Waals surface area contributed by atoms with Crippen LogP contribution in [0.4, 0.5) is 0 Å². The van der Waals surface area contributed by atoms with Crippen molar-refractivity contribution in [3.05, 3.63) is 59.7 Å². The van der Waals surface area contributed by atoms with E-state index in [1.54, 1.807) is 0 Å². The second kappa shape index (κ2) is 18.8. The van der Waals surface area contributed by atoms with Crippen LogP contribution in [-0.2, 0) is 52.3 Å². The first-order chi connectivity index (χ1) is 26.1. The van der Waals surface area contributed by atoms with E-state index in [0.717, 1.165) is 26.0 Å². The van der Waals surface area contributed by atoms with E-state index < -0.39 is 98.5 Å². The maximum Gasteiger partial charge on any atom is 0.331 e. The molecule has 0 amide bonds. The molecule has 0 aromatic heterocycles. The molecular weight excluding hydrogens is 736 g/mol. The van der Waals surface area contributed by atoms with Crippen LogP contribution in [0.1, 0.15) is 25.0 Å². The van der Waals surface area contributed by atoms with E-state index in [1.165, 1.54) is 62.8 Å². The molecule has 0 bridgehead atoms. The number of hydrogen-bond donors (Lipinski definition) is 6. The van der Waals surface area contributed by atoms with Crippen molar-refractivity contribution in [1.82, 2.24) is 0 Å². The SMILES string of the molecule is COc1cc(C=CC(=O)OC[C@H]2O[C@@](CO)(O[C@H]3O[C@H](COC(C)=O)[C@@H](O)[C@H](OC(C)=O)[C@H]3O)[C@@H](OC(=O)C=Cc3ccc(O)c(OC)c3)[C@@H]2O)ccc1O. The molecule has 2 aliphatic heterocycles. The van der Waals surface area contributed by atoms with E-state index in [9.17, 15) is 49.8 Å². The average molecular weight is 779 g/mol. The summed E-state index contributed by atoms with van der Waals surface area (Å²) in [6.07, 6.45) is -9.73. The number of benzene rings is 2. The Morgan fingerprint density at radius 1 is 0.745 bits per heavy atom. The Kier molecular flexibility index (Phi) is 14.6. The van der Waals surface area contributed by atoms with Crippen LogP contribution in [-0.4, -0.2) is 143 Å². The third-order valence-corrected chi connectivity index (χ3v) is 8.27. The molecule has 2 saturated heterocycles. The molecule has 0 spiro atoms. The van der Waals surface area contributed by atoms with Gasteiger partial charge in [-0.25, -0.2) is 9.59 Å². The number of methoxy groups -OCH3 is 2. The predicted molar refractivity (Wildman–Crippen MR) is 183 cm³/mol. The Morgan fingerprint density at radius 2 is 1.31 bits per heavy atom. The molecule has 0 aliphatic carbocycles. The fraction of sp³-hybridized carbons (Fsp3) is 0.444. The van der Waals surface area contributed by atoms with Crippen LogP contribution in [0.5, 0.6) is 23.0 Å². The number of rotatable bonds is 15. The Hall–Kier alpha value is -5.28. The van der Waals surface area contributed by atoms with E-state index in [2.05, 4.69) is 0 Å². The van der Waals surface area contributed by atoms with Gasteiger partial charge in [0.05, 0.1) is 14.2 Å². The Morgan fingerprint density at radius 3 is 1.84 bits per heavy atom. The molecule has 0 unspecified atom stereocenters. The van der Waals surface area contributed by atoms with Crippen molar-refractivity contribution < 1.29 is 92.4 Å². The van der Waals surface area contributed by atoms with Gasteiger partial charge in [-0.3, -0.25) is 9.59 Å². The number of carbonyl (C=O) groups excluding carboxylic acids is 4. The molecule has 0 radical (unpaired) electrons. The molecule has 4 rings (SSSR count).